The highest BCUT2D eigenvalue weighted by Gasteiger charge is 2.17. The number of nitrogens with one attached hydrogen (secondary N) is 2. The summed E-state index contributed by atoms with van der Waals surface area (Å²) in [6, 6.07) is 22.2. The van der Waals surface area contributed by atoms with Crippen LogP contribution in [0.4, 0.5) is 22.7 Å². The molecule has 10 nitrogen and oxygen atoms in total. The zero-order valence-corrected chi connectivity index (χ0v) is 24.3. The summed E-state index contributed by atoms with van der Waals surface area (Å²) in [6.45, 7) is 2.93. The maximum absolute atomic E-state index is 11.3. The number of amides is 2. The van der Waals surface area contributed by atoms with Crippen LogP contribution in [0.1, 0.15) is 13.8 Å². The third-order valence-electron chi connectivity index (χ3n) is 6.29. The Bertz CT molecular complexity index is 1440. The lowest BCUT2D eigenvalue weighted by molar-refractivity contribution is -0.115. The fourth-order valence-electron chi connectivity index (χ4n) is 4.32. The number of methoxy groups -OCH3 is 4. The molecule has 42 heavy (non-hydrogen) atoms. The molecular formula is C32H32N4O6. The lowest BCUT2D eigenvalue weighted by Gasteiger charge is -2.14. The van der Waals surface area contributed by atoms with Gasteiger partial charge in [0.25, 0.3) is 0 Å². The number of azo groups is 1. The Labute approximate surface area is 244 Å². The molecule has 0 aliphatic heterocycles. The van der Waals surface area contributed by atoms with Crippen molar-refractivity contribution < 1.29 is 28.5 Å². The van der Waals surface area contributed by atoms with Crippen LogP contribution in [0.25, 0.3) is 22.3 Å². The second-order valence-electron chi connectivity index (χ2n) is 9.18. The molecule has 0 saturated heterocycles. The normalized spacial score (nSPS) is 10.7. The fourth-order valence-corrected chi connectivity index (χ4v) is 4.32. The largest absolute Gasteiger partial charge is 0.494 e. The standard InChI is InChI=1S/C32H32N4O6/c1-19(37)33-25-11-7-21(8-12-25)23-15-27(39-3)31(28(16-23)40-4)35-36-32-29(41-5)17-24(18-30(32)42-6)22-9-13-26(14-10-22)34-20(2)38/h7-18H,1-6H3,(H,33,37)(H,34,38). The number of hydrogen-bond donors (Lipinski definition) is 2. The van der Waals surface area contributed by atoms with E-state index in [1.807, 2.05) is 72.8 Å². The summed E-state index contributed by atoms with van der Waals surface area (Å²) in [4.78, 5) is 22.7. The molecule has 2 amide bonds. The van der Waals surface area contributed by atoms with Crippen LogP contribution in [0, 0.1) is 0 Å². The number of benzene rings is 4. The molecule has 0 aliphatic rings. The predicted molar refractivity (Wildman–Crippen MR) is 163 cm³/mol. The number of hydrogen-bond acceptors (Lipinski definition) is 8. The Kier molecular flexibility index (Phi) is 9.39. The van der Waals surface area contributed by atoms with Crippen LogP contribution in [-0.2, 0) is 9.59 Å². The van der Waals surface area contributed by atoms with E-state index in [1.54, 1.807) is 28.4 Å². The number of carbonyl (C=O) groups excluding carboxylic acids is 2. The minimum Gasteiger partial charge on any atom is -0.494 e. The van der Waals surface area contributed by atoms with Gasteiger partial charge in [-0.2, -0.15) is 0 Å². The van der Waals surface area contributed by atoms with Gasteiger partial charge in [0.1, 0.15) is 0 Å². The minimum atomic E-state index is -0.138. The summed E-state index contributed by atoms with van der Waals surface area (Å²) in [5.74, 6) is 1.53. The zero-order chi connectivity index (χ0) is 30.2. The molecule has 4 aromatic rings. The highest BCUT2D eigenvalue weighted by Crippen LogP contribution is 2.46. The van der Waals surface area contributed by atoms with E-state index in [1.165, 1.54) is 13.8 Å². The molecule has 0 unspecified atom stereocenters. The number of carbonyl (C=O) groups is 2. The van der Waals surface area contributed by atoms with Crippen LogP contribution in [0.15, 0.2) is 83.0 Å². The van der Waals surface area contributed by atoms with Gasteiger partial charge >= 0.3 is 0 Å². The molecule has 0 saturated carbocycles. The van der Waals surface area contributed by atoms with Crippen molar-refractivity contribution in [1.29, 1.82) is 0 Å². The van der Waals surface area contributed by atoms with Crippen molar-refractivity contribution in [3.8, 4) is 45.3 Å². The van der Waals surface area contributed by atoms with Gasteiger partial charge in [-0.15, -0.1) is 10.2 Å². The van der Waals surface area contributed by atoms with E-state index >= 15 is 0 Å². The van der Waals surface area contributed by atoms with Crippen molar-refractivity contribution in [3.05, 3.63) is 72.8 Å². The molecule has 0 aliphatic carbocycles. The Balaban J connectivity index is 1.70. The first-order chi connectivity index (χ1) is 20.3. The second-order valence-corrected chi connectivity index (χ2v) is 9.18. The van der Waals surface area contributed by atoms with E-state index < -0.39 is 0 Å². The molecule has 10 heteroatoms. The fraction of sp³-hybridized carbons (Fsp3) is 0.188. The molecule has 0 bridgehead atoms. The number of anilines is 2. The van der Waals surface area contributed by atoms with Crippen molar-refractivity contribution in [2.75, 3.05) is 39.1 Å². The maximum Gasteiger partial charge on any atom is 0.221 e. The Morgan fingerprint density at radius 3 is 1.02 bits per heavy atom. The average Bonchev–Trinajstić information content (AvgIpc) is 2.99. The molecule has 0 atom stereocenters. The quantitative estimate of drug-likeness (QED) is 0.193. The first-order valence-corrected chi connectivity index (χ1v) is 13.0. The van der Waals surface area contributed by atoms with Gasteiger partial charge in [-0.3, -0.25) is 9.59 Å². The van der Waals surface area contributed by atoms with Crippen molar-refractivity contribution in [3.63, 3.8) is 0 Å². The van der Waals surface area contributed by atoms with Crippen LogP contribution in [-0.4, -0.2) is 40.3 Å². The molecule has 0 spiro atoms. The lowest BCUT2D eigenvalue weighted by atomic mass is 10.0. The smallest absolute Gasteiger partial charge is 0.221 e. The Hall–Kier alpha value is -5.38. The monoisotopic (exact) mass is 568 g/mol. The highest BCUT2D eigenvalue weighted by atomic mass is 16.5. The summed E-state index contributed by atoms with van der Waals surface area (Å²) in [6.07, 6.45) is 0. The van der Waals surface area contributed by atoms with Crippen LogP contribution in [0.5, 0.6) is 23.0 Å². The van der Waals surface area contributed by atoms with Crippen LogP contribution in [0.2, 0.25) is 0 Å². The summed E-state index contributed by atoms with van der Waals surface area (Å²) in [5.41, 5.74) is 5.64. The number of nitrogens with zero attached hydrogens (tertiary/aromatic N) is 2. The van der Waals surface area contributed by atoms with E-state index in [2.05, 4.69) is 20.9 Å². The van der Waals surface area contributed by atoms with Crippen molar-refractivity contribution >= 4 is 34.6 Å². The van der Waals surface area contributed by atoms with Crippen molar-refractivity contribution in [2.24, 2.45) is 10.2 Å². The van der Waals surface area contributed by atoms with E-state index in [9.17, 15) is 9.59 Å². The SMILES string of the molecule is COc1cc(-c2ccc(NC(C)=O)cc2)cc(OC)c1N=Nc1c(OC)cc(-c2ccc(NC(C)=O)cc2)cc1OC. The van der Waals surface area contributed by atoms with Gasteiger partial charge in [0.15, 0.2) is 34.4 Å². The average molecular weight is 569 g/mol. The van der Waals surface area contributed by atoms with Gasteiger partial charge in [0.05, 0.1) is 28.4 Å². The van der Waals surface area contributed by atoms with Crippen molar-refractivity contribution in [1.82, 2.24) is 0 Å². The van der Waals surface area contributed by atoms with E-state index in [0.29, 0.717) is 45.7 Å². The van der Waals surface area contributed by atoms with Crippen LogP contribution < -0.4 is 29.6 Å². The van der Waals surface area contributed by atoms with Gasteiger partial charge in [0, 0.05) is 25.2 Å². The first kappa shape index (κ1) is 29.6. The van der Waals surface area contributed by atoms with E-state index in [4.69, 9.17) is 18.9 Å². The summed E-state index contributed by atoms with van der Waals surface area (Å²) < 4.78 is 22.6. The number of ether oxygens (including phenoxy) is 4. The Morgan fingerprint density at radius 1 is 0.500 bits per heavy atom. The summed E-state index contributed by atoms with van der Waals surface area (Å²) in [5, 5.41) is 14.5. The third-order valence-corrected chi connectivity index (χ3v) is 6.29. The summed E-state index contributed by atoms with van der Waals surface area (Å²) in [7, 11) is 6.18. The first-order valence-electron chi connectivity index (χ1n) is 13.0. The molecule has 4 rings (SSSR count). The van der Waals surface area contributed by atoms with Gasteiger partial charge < -0.3 is 29.6 Å². The maximum atomic E-state index is 11.3. The van der Waals surface area contributed by atoms with Gasteiger partial charge in [0.2, 0.25) is 11.8 Å². The van der Waals surface area contributed by atoms with Crippen molar-refractivity contribution in [2.45, 2.75) is 13.8 Å². The molecular weight excluding hydrogens is 536 g/mol. The van der Waals surface area contributed by atoms with Crippen LogP contribution in [0.3, 0.4) is 0 Å². The molecule has 4 aromatic carbocycles. The van der Waals surface area contributed by atoms with Gasteiger partial charge in [-0.1, -0.05) is 24.3 Å². The number of rotatable bonds is 10. The lowest BCUT2D eigenvalue weighted by Crippen LogP contribution is -2.05. The third kappa shape index (κ3) is 6.84. The topological polar surface area (TPSA) is 120 Å². The molecule has 0 radical (unpaired) electrons. The summed E-state index contributed by atoms with van der Waals surface area (Å²) >= 11 is 0. The predicted octanol–water partition coefficient (Wildman–Crippen LogP) is 7.39. The van der Waals surface area contributed by atoms with Gasteiger partial charge in [-0.25, -0.2) is 0 Å². The van der Waals surface area contributed by atoms with Gasteiger partial charge in [-0.05, 0) is 70.8 Å². The van der Waals surface area contributed by atoms with E-state index in [-0.39, 0.29) is 11.8 Å². The second kappa shape index (κ2) is 13.3. The molecule has 2 N–H and O–H groups in total. The molecule has 0 heterocycles. The van der Waals surface area contributed by atoms with Crippen LogP contribution >= 0.6 is 0 Å². The highest BCUT2D eigenvalue weighted by molar-refractivity contribution is 5.90. The molecule has 0 aromatic heterocycles. The minimum absolute atomic E-state index is 0.138. The zero-order valence-electron chi connectivity index (χ0n) is 24.3. The van der Waals surface area contributed by atoms with E-state index in [0.717, 1.165) is 22.3 Å². The molecule has 216 valence electrons. The molecule has 0 fully saturated rings. The Morgan fingerprint density at radius 2 is 0.786 bits per heavy atom.